The van der Waals surface area contributed by atoms with Gasteiger partial charge in [0.05, 0.1) is 12.2 Å². The first-order valence-corrected chi connectivity index (χ1v) is 8.22. The molecule has 1 heterocycles. The van der Waals surface area contributed by atoms with Crippen LogP contribution < -0.4 is 10.6 Å². The van der Waals surface area contributed by atoms with E-state index < -0.39 is 0 Å². The molecule has 124 valence electrons. The van der Waals surface area contributed by atoms with Crippen LogP contribution in [0.5, 0.6) is 0 Å². The van der Waals surface area contributed by atoms with Crippen molar-refractivity contribution in [3.63, 3.8) is 0 Å². The lowest BCUT2D eigenvalue weighted by atomic mass is 9.76. The minimum absolute atomic E-state index is 0.118. The molecule has 0 amide bonds. The average Bonchev–Trinajstić information content (AvgIpc) is 3.13. The summed E-state index contributed by atoms with van der Waals surface area (Å²) in [6, 6.07) is 12.7. The number of nitrogens with one attached hydrogen (secondary N) is 3. The minimum atomic E-state index is 0.118. The summed E-state index contributed by atoms with van der Waals surface area (Å²) in [6.07, 6.45) is 3.91. The highest BCUT2D eigenvalue weighted by molar-refractivity contribution is 5.79. The van der Waals surface area contributed by atoms with Gasteiger partial charge in [0.1, 0.15) is 0 Å². The number of guanidine groups is 1. The summed E-state index contributed by atoms with van der Waals surface area (Å²) in [5, 5.41) is 13.7. The SMILES string of the molecule is CCC(CC)(CNC(=NC)NCc1ccn[nH]1)c1ccccc1. The molecule has 5 nitrogen and oxygen atoms in total. The van der Waals surface area contributed by atoms with Crippen LogP contribution in [0.25, 0.3) is 0 Å². The molecule has 0 spiro atoms. The number of aliphatic imine (C=N–C) groups is 1. The molecule has 5 heteroatoms. The van der Waals surface area contributed by atoms with Crippen LogP contribution in [0.2, 0.25) is 0 Å². The standard InChI is InChI=1S/C18H27N5/c1-4-18(5-2,15-9-7-6-8-10-15)14-21-17(19-3)20-13-16-11-12-22-23-16/h6-12H,4-5,13-14H2,1-3H3,(H,22,23)(H2,19,20,21). The van der Waals surface area contributed by atoms with Crippen LogP contribution in [0.3, 0.4) is 0 Å². The van der Waals surface area contributed by atoms with Gasteiger partial charge in [-0.05, 0) is 24.5 Å². The Bertz CT molecular complexity index is 585. The van der Waals surface area contributed by atoms with E-state index in [9.17, 15) is 0 Å². The van der Waals surface area contributed by atoms with Gasteiger partial charge in [-0.2, -0.15) is 5.10 Å². The third-order valence-corrected chi connectivity index (χ3v) is 4.56. The molecule has 1 aromatic carbocycles. The topological polar surface area (TPSA) is 65.1 Å². The molecule has 1 aromatic heterocycles. The van der Waals surface area contributed by atoms with Crippen molar-refractivity contribution in [3.05, 3.63) is 53.9 Å². The zero-order valence-corrected chi connectivity index (χ0v) is 14.3. The van der Waals surface area contributed by atoms with Gasteiger partial charge in [0, 0.05) is 25.2 Å². The lowest BCUT2D eigenvalue weighted by Gasteiger charge is -2.33. The highest BCUT2D eigenvalue weighted by Gasteiger charge is 2.28. The van der Waals surface area contributed by atoms with Crippen LogP contribution in [0.1, 0.15) is 37.9 Å². The second kappa shape index (κ2) is 8.36. The van der Waals surface area contributed by atoms with Crippen molar-refractivity contribution in [2.24, 2.45) is 4.99 Å². The predicted octanol–water partition coefficient (Wildman–Crippen LogP) is 2.83. The number of hydrogen-bond acceptors (Lipinski definition) is 2. The third kappa shape index (κ3) is 4.34. The lowest BCUT2D eigenvalue weighted by molar-refractivity contribution is 0.389. The predicted molar refractivity (Wildman–Crippen MR) is 95.5 cm³/mol. The lowest BCUT2D eigenvalue weighted by Crippen LogP contribution is -2.45. The number of nitrogens with zero attached hydrogens (tertiary/aromatic N) is 2. The summed E-state index contributed by atoms with van der Waals surface area (Å²) in [6.45, 7) is 6.03. The van der Waals surface area contributed by atoms with Crippen molar-refractivity contribution >= 4 is 5.96 Å². The van der Waals surface area contributed by atoms with E-state index in [0.717, 1.165) is 31.0 Å². The Hall–Kier alpha value is -2.30. The summed E-state index contributed by atoms with van der Waals surface area (Å²) in [7, 11) is 1.80. The smallest absolute Gasteiger partial charge is 0.191 e. The van der Waals surface area contributed by atoms with Crippen molar-refractivity contribution in [2.75, 3.05) is 13.6 Å². The van der Waals surface area contributed by atoms with Gasteiger partial charge in [-0.15, -0.1) is 0 Å². The van der Waals surface area contributed by atoms with Gasteiger partial charge in [-0.3, -0.25) is 10.1 Å². The molecular formula is C18H27N5. The third-order valence-electron chi connectivity index (χ3n) is 4.56. The number of aromatic nitrogens is 2. The monoisotopic (exact) mass is 313 g/mol. The highest BCUT2D eigenvalue weighted by atomic mass is 15.2. The van der Waals surface area contributed by atoms with Gasteiger partial charge in [-0.25, -0.2) is 0 Å². The summed E-state index contributed by atoms with van der Waals surface area (Å²) in [5.74, 6) is 0.807. The Balaban J connectivity index is 1.99. The van der Waals surface area contributed by atoms with Crippen LogP contribution in [0, 0.1) is 0 Å². The zero-order valence-electron chi connectivity index (χ0n) is 14.3. The number of H-pyrrole nitrogens is 1. The molecule has 2 aromatic rings. The maximum absolute atomic E-state index is 4.31. The van der Waals surface area contributed by atoms with E-state index in [1.807, 2.05) is 6.07 Å². The molecule has 0 aliphatic heterocycles. The second-order valence-corrected chi connectivity index (χ2v) is 5.71. The molecule has 23 heavy (non-hydrogen) atoms. The molecule has 0 bridgehead atoms. The number of benzene rings is 1. The zero-order chi connectivity index (χ0) is 16.5. The average molecular weight is 313 g/mol. The molecule has 0 unspecified atom stereocenters. The normalized spacial score (nSPS) is 12.2. The van der Waals surface area contributed by atoms with Crippen LogP contribution in [0.15, 0.2) is 47.6 Å². The maximum atomic E-state index is 4.31. The van der Waals surface area contributed by atoms with Crippen LogP contribution in [0.4, 0.5) is 0 Å². The molecule has 0 fully saturated rings. The van der Waals surface area contributed by atoms with E-state index in [4.69, 9.17) is 0 Å². The molecule has 0 saturated heterocycles. The van der Waals surface area contributed by atoms with Crippen LogP contribution >= 0.6 is 0 Å². The van der Waals surface area contributed by atoms with Gasteiger partial charge in [0.25, 0.3) is 0 Å². The number of aromatic amines is 1. The highest BCUT2D eigenvalue weighted by Crippen LogP contribution is 2.30. The van der Waals surface area contributed by atoms with E-state index in [2.05, 4.69) is 70.0 Å². The van der Waals surface area contributed by atoms with Crippen LogP contribution in [-0.4, -0.2) is 29.7 Å². The summed E-state index contributed by atoms with van der Waals surface area (Å²) >= 11 is 0. The van der Waals surface area contributed by atoms with E-state index in [0.29, 0.717) is 6.54 Å². The van der Waals surface area contributed by atoms with E-state index >= 15 is 0 Å². The fourth-order valence-corrected chi connectivity index (χ4v) is 2.84. The first-order valence-electron chi connectivity index (χ1n) is 8.22. The molecule has 2 rings (SSSR count). The first kappa shape index (κ1) is 17.1. The molecule has 0 radical (unpaired) electrons. The quantitative estimate of drug-likeness (QED) is 0.544. The Morgan fingerprint density at radius 3 is 2.43 bits per heavy atom. The Labute approximate surface area is 138 Å². The van der Waals surface area contributed by atoms with Crippen molar-refractivity contribution in [1.29, 1.82) is 0 Å². The fraction of sp³-hybridized carbons (Fsp3) is 0.444. The van der Waals surface area contributed by atoms with Crippen molar-refractivity contribution < 1.29 is 0 Å². The number of rotatable bonds is 7. The molecule has 0 aliphatic carbocycles. The number of hydrogen-bond donors (Lipinski definition) is 3. The van der Waals surface area contributed by atoms with Crippen LogP contribution in [-0.2, 0) is 12.0 Å². The summed E-state index contributed by atoms with van der Waals surface area (Å²) in [4.78, 5) is 4.31. The van der Waals surface area contributed by atoms with Gasteiger partial charge < -0.3 is 10.6 Å². The Morgan fingerprint density at radius 2 is 1.87 bits per heavy atom. The molecular weight excluding hydrogens is 286 g/mol. The molecule has 0 atom stereocenters. The Kier molecular flexibility index (Phi) is 6.20. The van der Waals surface area contributed by atoms with E-state index in [-0.39, 0.29) is 5.41 Å². The first-order chi connectivity index (χ1) is 11.2. The largest absolute Gasteiger partial charge is 0.356 e. The van der Waals surface area contributed by atoms with Gasteiger partial charge in [0.2, 0.25) is 0 Å². The van der Waals surface area contributed by atoms with Crippen molar-refractivity contribution in [3.8, 4) is 0 Å². The van der Waals surface area contributed by atoms with E-state index in [1.54, 1.807) is 13.2 Å². The van der Waals surface area contributed by atoms with Gasteiger partial charge in [-0.1, -0.05) is 44.2 Å². The van der Waals surface area contributed by atoms with Crippen molar-refractivity contribution in [1.82, 2.24) is 20.8 Å². The van der Waals surface area contributed by atoms with E-state index in [1.165, 1.54) is 5.56 Å². The summed E-state index contributed by atoms with van der Waals surface area (Å²) < 4.78 is 0. The van der Waals surface area contributed by atoms with Gasteiger partial charge in [0.15, 0.2) is 5.96 Å². The second-order valence-electron chi connectivity index (χ2n) is 5.71. The van der Waals surface area contributed by atoms with Gasteiger partial charge >= 0.3 is 0 Å². The summed E-state index contributed by atoms with van der Waals surface area (Å²) in [5.41, 5.74) is 2.53. The van der Waals surface area contributed by atoms with Crippen molar-refractivity contribution in [2.45, 2.75) is 38.6 Å². The molecule has 3 N–H and O–H groups in total. The fourth-order valence-electron chi connectivity index (χ4n) is 2.84. The maximum Gasteiger partial charge on any atom is 0.191 e. The molecule has 0 aliphatic rings. The molecule has 0 saturated carbocycles. The minimum Gasteiger partial charge on any atom is -0.356 e. The Morgan fingerprint density at radius 1 is 1.13 bits per heavy atom.